The van der Waals surface area contributed by atoms with Crippen LogP contribution in [0.1, 0.15) is 18.4 Å². The van der Waals surface area contributed by atoms with Gasteiger partial charge in [0.25, 0.3) is 0 Å². The largest absolute Gasteiger partial charge is 0.480 e. The van der Waals surface area contributed by atoms with Crippen molar-refractivity contribution in [1.29, 1.82) is 0 Å². The Bertz CT molecular complexity index is 381. The van der Waals surface area contributed by atoms with Gasteiger partial charge in [0.05, 0.1) is 0 Å². The molecule has 0 aromatic heterocycles. The summed E-state index contributed by atoms with van der Waals surface area (Å²) in [6.07, 6.45) is 1.65. The Hall–Kier alpha value is -1.33. The molecule has 0 aliphatic rings. The zero-order valence-electron chi connectivity index (χ0n) is 9.30. The average Bonchev–Trinajstić information content (AvgIpc) is 2.30. The molecule has 1 aromatic rings. The smallest absolute Gasteiger partial charge is 0.329 e. The van der Waals surface area contributed by atoms with Crippen molar-refractivity contribution >= 4 is 24.6 Å². The fourth-order valence-electron chi connectivity index (χ4n) is 1.52. The highest BCUT2D eigenvalue weighted by atomic mass is 32.1. The van der Waals surface area contributed by atoms with E-state index in [1.807, 2.05) is 30.3 Å². The molecule has 1 unspecified atom stereocenters. The molecule has 0 amide bonds. The lowest BCUT2D eigenvalue weighted by atomic mass is 10.0. The van der Waals surface area contributed by atoms with Crippen molar-refractivity contribution in [2.75, 3.05) is 0 Å². The van der Waals surface area contributed by atoms with E-state index in [-0.39, 0.29) is 12.2 Å². The van der Waals surface area contributed by atoms with E-state index in [4.69, 9.17) is 5.11 Å². The Morgan fingerprint density at radius 2 is 1.94 bits per heavy atom. The first-order valence-electron chi connectivity index (χ1n) is 5.34. The number of Topliss-reactive ketones (excluding diaryl/α,β-unsaturated/α-hetero) is 1. The minimum absolute atomic E-state index is 0.236. The number of thiol groups is 1. The summed E-state index contributed by atoms with van der Waals surface area (Å²) in [5.74, 6) is -1.53. The number of hydrogen-bond donors (Lipinski definition) is 3. The second-order valence-corrected chi connectivity index (χ2v) is 3.96. The zero-order chi connectivity index (χ0) is 12.7. The van der Waals surface area contributed by atoms with Gasteiger partial charge >= 0.3 is 5.97 Å². The van der Waals surface area contributed by atoms with Gasteiger partial charge < -0.3 is 5.11 Å². The Labute approximate surface area is 106 Å². The summed E-state index contributed by atoms with van der Waals surface area (Å²) in [6.45, 7) is 0. The minimum atomic E-state index is -1.21. The molecule has 0 fully saturated rings. The van der Waals surface area contributed by atoms with Crippen molar-refractivity contribution < 1.29 is 14.7 Å². The molecule has 0 spiro atoms. The molecule has 1 aromatic carbocycles. The molecule has 92 valence electrons. The van der Waals surface area contributed by atoms with Crippen molar-refractivity contribution in [3.8, 4) is 0 Å². The van der Waals surface area contributed by atoms with Gasteiger partial charge in [-0.05, 0) is 18.4 Å². The Kier molecular flexibility index (Phi) is 5.72. The van der Waals surface area contributed by atoms with Crippen molar-refractivity contribution in [3.63, 3.8) is 0 Å². The van der Waals surface area contributed by atoms with Gasteiger partial charge in [0.2, 0.25) is 0 Å². The van der Waals surface area contributed by atoms with E-state index in [1.165, 1.54) is 0 Å². The number of carbonyl (C=O) groups excluding carboxylic acids is 1. The predicted octanol–water partition coefficient (Wildman–Crippen LogP) is 1.47. The van der Waals surface area contributed by atoms with Crippen LogP contribution in [0.15, 0.2) is 30.3 Å². The van der Waals surface area contributed by atoms with Crippen LogP contribution >= 0.6 is 12.8 Å². The lowest BCUT2D eigenvalue weighted by molar-refractivity contribution is -0.142. The van der Waals surface area contributed by atoms with Crippen LogP contribution in [-0.2, 0) is 16.0 Å². The third-order valence-corrected chi connectivity index (χ3v) is 2.69. The number of carboxylic acids is 1. The molecule has 0 bridgehead atoms. The Morgan fingerprint density at radius 1 is 1.29 bits per heavy atom. The van der Waals surface area contributed by atoms with Crippen LogP contribution in [0.3, 0.4) is 0 Å². The fraction of sp³-hybridized carbons (Fsp3) is 0.333. The third-order valence-electron chi connectivity index (χ3n) is 2.43. The van der Waals surface area contributed by atoms with Crippen LogP contribution in [0.25, 0.3) is 0 Å². The first-order valence-corrected chi connectivity index (χ1v) is 5.79. The van der Waals surface area contributed by atoms with E-state index >= 15 is 0 Å². The van der Waals surface area contributed by atoms with Crippen LogP contribution in [0.2, 0.25) is 0 Å². The van der Waals surface area contributed by atoms with Gasteiger partial charge in [-0.3, -0.25) is 9.59 Å². The highest BCUT2D eigenvalue weighted by molar-refractivity contribution is 7.78. The maximum Gasteiger partial charge on any atom is 0.329 e. The van der Waals surface area contributed by atoms with Crippen molar-refractivity contribution in [3.05, 3.63) is 35.9 Å². The molecule has 0 saturated heterocycles. The molecule has 5 heteroatoms. The number of aliphatic carboxylic acids is 1. The normalized spacial score (nSPS) is 12.1. The number of carboxylic acid groups (broad SMARTS) is 1. The SMILES string of the molecule is O=C(O)C(NS)C(=O)CCCc1ccccc1. The molecule has 0 heterocycles. The van der Waals surface area contributed by atoms with Crippen LogP contribution in [-0.4, -0.2) is 22.9 Å². The summed E-state index contributed by atoms with van der Waals surface area (Å²) in [5, 5.41) is 8.73. The van der Waals surface area contributed by atoms with Gasteiger partial charge in [-0.2, -0.15) is 0 Å². The third kappa shape index (κ3) is 4.58. The summed E-state index contributed by atoms with van der Waals surface area (Å²) < 4.78 is 2.20. The molecular formula is C12H15NO3S. The summed E-state index contributed by atoms with van der Waals surface area (Å²) in [4.78, 5) is 22.2. The highest BCUT2D eigenvalue weighted by Gasteiger charge is 2.23. The van der Waals surface area contributed by atoms with Crippen molar-refractivity contribution in [2.45, 2.75) is 25.3 Å². The predicted molar refractivity (Wildman–Crippen MR) is 67.9 cm³/mol. The Balaban J connectivity index is 2.36. The second-order valence-electron chi connectivity index (χ2n) is 3.71. The number of nitrogens with one attached hydrogen (secondary N) is 1. The van der Waals surface area contributed by atoms with Gasteiger partial charge in [-0.25, -0.2) is 4.72 Å². The molecule has 17 heavy (non-hydrogen) atoms. The second kappa shape index (κ2) is 7.09. The molecule has 1 rings (SSSR count). The summed E-state index contributed by atoms with van der Waals surface area (Å²) >= 11 is 3.63. The lowest BCUT2D eigenvalue weighted by Gasteiger charge is -2.08. The van der Waals surface area contributed by atoms with Gasteiger partial charge in [0.1, 0.15) is 0 Å². The van der Waals surface area contributed by atoms with E-state index in [9.17, 15) is 9.59 Å². The van der Waals surface area contributed by atoms with Gasteiger partial charge in [-0.15, -0.1) is 0 Å². The number of rotatable bonds is 7. The van der Waals surface area contributed by atoms with Gasteiger partial charge in [0.15, 0.2) is 11.8 Å². The number of ketones is 1. The summed E-state index contributed by atoms with van der Waals surface area (Å²) in [7, 11) is 0. The van der Waals surface area contributed by atoms with Crippen LogP contribution in [0, 0.1) is 0 Å². The molecular weight excluding hydrogens is 238 g/mol. The van der Waals surface area contributed by atoms with Crippen LogP contribution < -0.4 is 4.72 Å². The quantitative estimate of drug-likeness (QED) is 0.508. The summed E-state index contributed by atoms with van der Waals surface area (Å²) in [6, 6.07) is 8.55. The van der Waals surface area contributed by atoms with Crippen LogP contribution in [0.5, 0.6) is 0 Å². The monoisotopic (exact) mass is 253 g/mol. The molecule has 1 atom stereocenters. The van der Waals surface area contributed by atoms with E-state index < -0.39 is 12.0 Å². The van der Waals surface area contributed by atoms with Crippen molar-refractivity contribution in [1.82, 2.24) is 4.72 Å². The first kappa shape index (κ1) is 13.7. The minimum Gasteiger partial charge on any atom is -0.480 e. The summed E-state index contributed by atoms with van der Waals surface area (Å²) in [5.41, 5.74) is 1.14. The standard InChI is InChI=1S/C12H15NO3S/c14-10(11(13-17)12(15)16)8-4-7-9-5-2-1-3-6-9/h1-3,5-6,11,13,17H,4,7-8H2,(H,15,16). The molecule has 0 radical (unpaired) electrons. The average molecular weight is 253 g/mol. The topological polar surface area (TPSA) is 66.4 Å². The van der Waals surface area contributed by atoms with Crippen molar-refractivity contribution in [2.24, 2.45) is 0 Å². The van der Waals surface area contributed by atoms with E-state index in [2.05, 4.69) is 17.5 Å². The van der Waals surface area contributed by atoms with E-state index in [0.29, 0.717) is 6.42 Å². The molecule has 0 saturated carbocycles. The lowest BCUT2D eigenvalue weighted by Crippen LogP contribution is -2.38. The zero-order valence-corrected chi connectivity index (χ0v) is 10.2. The molecule has 0 aliphatic carbocycles. The maximum absolute atomic E-state index is 11.5. The first-order chi connectivity index (χ1) is 8.15. The number of hydrogen-bond acceptors (Lipinski definition) is 4. The number of aryl methyl sites for hydroxylation is 1. The van der Waals surface area contributed by atoms with Gasteiger partial charge in [0, 0.05) is 6.42 Å². The van der Waals surface area contributed by atoms with E-state index in [1.54, 1.807) is 0 Å². The number of benzene rings is 1. The van der Waals surface area contributed by atoms with Gasteiger partial charge in [-0.1, -0.05) is 43.1 Å². The molecule has 4 nitrogen and oxygen atoms in total. The fourth-order valence-corrected chi connectivity index (χ4v) is 1.78. The highest BCUT2D eigenvalue weighted by Crippen LogP contribution is 2.06. The van der Waals surface area contributed by atoms with E-state index in [0.717, 1.165) is 12.0 Å². The molecule has 0 aliphatic heterocycles. The number of carbonyl (C=O) groups is 2. The van der Waals surface area contributed by atoms with Crippen LogP contribution in [0.4, 0.5) is 0 Å². The Morgan fingerprint density at radius 3 is 2.47 bits per heavy atom. The molecule has 2 N–H and O–H groups in total. The maximum atomic E-state index is 11.5.